The number of ether oxygens (including phenoxy) is 1. The molecule has 156 valence electrons. The molecule has 30 heavy (non-hydrogen) atoms. The van der Waals surface area contributed by atoms with Crippen LogP contribution in [0.5, 0.6) is 5.75 Å². The fraction of sp³-hybridized carbons (Fsp3) is 0.375. The summed E-state index contributed by atoms with van der Waals surface area (Å²) in [6.45, 7) is 2.10. The predicted molar refractivity (Wildman–Crippen MR) is 114 cm³/mol. The van der Waals surface area contributed by atoms with Gasteiger partial charge in [-0.2, -0.15) is 4.98 Å². The summed E-state index contributed by atoms with van der Waals surface area (Å²) in [6.07, 6.45) is 4.86. The van der Waals surface area contributed by atoms with E-state index in [-0.39, 0.29) is 11.9 Å². The minimum Gasteiger partial charge on any atom is -0.481 e. The van der Waals surface area contributed by atoms with E-state index in [0.29, 0.717) is 24.0 Å². The van der Waals surface area contributed by atoms with Crippen LogP contribution in [0.4, 0.5) is 0 Å². The SMILES string of the molecule is C[C@H](Oc1ccccc1)C(=O)N(Cc1nc(-c2ccccc2)no1)C1CCCCC1. The molecule has 1 saturated carbocycles. The molecule has 1 aliphatic rings. The maximum atomic E-state index is 13.3. The summed E-state index contributed by atoms with van der Waals surface area (Å²) in [5, 5.41) is 4.10. The molecule has 6 heteroatoms. The average molecular weight is 405 g/mol. The van der Waals surface area contributed by atoms with Gasteiger partial charge in [0.15, 0.2) is 6.10 Å². The van der Waals surface area contributed by atoms with Crippen molar-refractivity contribution in [3.63, 3.8) is 0 Å². The van der Waals surface area contributed by atoms with E-state index in [9.17, 15) is 4.79 Å². The van der Waals surface area contributed by atoms with Gasteiger partial charge in [-0.1, -0.05) is 73.0 Å². The monoisotopic (exact) mass is 405 g/mol. The Balaban J connectivity index is 1.51. The number of para-hydroxylation sites is 1. The van der Waals surface area contributed by atoms with Gasteiger partial charge in [0.05, 0.1) is 0 Å². The van der Waals surface area contributed by atoms with Gasteiger partial charge in [-0.15, -0.1) is 0 Å². The lowest BCUT2D eigenvalue weighted by molar-refractivity contribution is -0.142. The highest BCUT2D eigenvalue weighted by molar-refractivity contribution is 5.81. The molecule has 0 spiro atoms. The first-order chi connectivity index (χ1) is 14.7. The molecule has 0 bridgehead atoms. The van der Waals surface area contributed by atoms with E-state index in [1.54, 1.807) is 6.92 Å². The first kappa shape index (κ1) is 20.1. The van der Waals surface area contributed by atoms with Crippen molar-refractivity contribution in [3.8, 4) is 17.1 Å². The average Bonchev–Trinajstić information content (AvgIpc) is 3.28. The van der Waals surface area contributed by atoms with Crippen LogP contribution in [0.15, 0.2) is 65.2 Å². The van der Waals surface area contributed by atoms with Gasteiger partial charge < -0.3 is 14.2 Å². The lowest BCUT2D eigenvalue weighted by Crippen LogP contribution is -2.46. The van der Waals surface area contributed by atoms with Crippen LogP contribution < -0.4 is 4.74 Å². The van der Waals surface area contributed by atoms with Crippen LogP contribution in [0.3, 0.4) is 0 Å². The Morgan fingerprint density at radius 3 is 2.43 bits per heavy atom. The first-order valence-electron chi connectivity index (χ1n) is 10.6. The third-order valence-electron chi connectivity index (χ3n) is 5.51. The number of carbonyl (C=O) groups excluding carboxylic acids is 1. The smallest absolute Gasteiger partial charge is 0.264 e. The van der Waals surface area contributed by atoms with E-state index in [0.717, 1.165) is 31.2 Å². The normalized spacial score (nSPS) is 15.5. The molecule has 0 aliphatic heterocycles. The van der Waals surface area contributed by atoms with Crippen molar-refractivity contribution in [3.05, 3.63) is 66.6 Å². The van der Waals surface area contributed by atoms with Gasteiger partial charge in [0.25, 0.3) is 5.91 Å². The molecule has 0 saturated heterocycles. The highest BCUT2D eigenvalue weighted by Crippen LogP contribution is 2.26. The van der Waals surface area contributed by atoms with Gasteiger partial charge in [-0.25, -0.2) is 0 Å². The van der Waals surface area contributed by atoms with Crippen LogP contribution >= 0.6 is 0 Å². The first-order valence-corrected chi connectivity index (χ1v) is 10.6. The molecule has 1 aromatic heterocycles. The minimum atomic E-state index is -0.592. The van der Waals surface area contributed by atoms with Crippen molar-refractivity contribution in [1.82, 2.24) is 15.0 Å². The van der Waals surface area contributed by atoms with Crippen molar-refractivity contribution in [1.29, 1.82) is 0 Å². The molecule has 4 rings (SSSR count). The van der Waals surface area contributed by atoms with Crippen LogP contribution in [0, 0.1) is 0 Å². The number of nitrogens with zero attached hydrogens (tertiary/aromatic N) is 3. The standard InChI is InChI=1S/C24H27N3O3/c1-18(29-21-15-9-4-10-16-21)24(28)27(20-13-7-3-8-14-20)17-22-25-23(26-30-22)19-11-5-2-6-12-19/h2,4-6,9-12,15-16,18,20H,3,7-8,13-14,17H2,1H3/t18-/m0/s1. The van der Waals surface area contributed by atoms with Crippen LogP contribution in [-0.2, 0) is 11.3 Å². The summed E-state index contributed by atoms with van der Waals surface area (Å²) in [4.78, 5) is 19.7. The summed E-state index contributed by atoms with van der Waals surface area (Å²) in [7, 11) is 0. The Kier molecular flexibility index (Phi) is 6.42. The molecule has 6 nitrogen and oxygen atoms in total. The van der Waals surface area contributed by atoms with E-state index in [4.69, 9.17) is 9.26 Å². The summed E-state index contributed by atoms with van der Waals surface area (Å²) in [6, 6.07) is 19.3. The van der Waals surface area contributed by atoms with Gasteiger partial charge in [-0.3, -0.25) is 4.79 Å². The molecule has 2 aromatic carbocycles. The Morgan fingerprint density at radius 1 is 1.07 bits per heavy atom. The zero-order valence-corrected chi connectivity index (χ0v) is 17.2. The lowest BCUT2D eigenvalue weighted by atomic mass is 9.94. The fourth-order valence-corrected chi connectivity index (χ4v) is 3.94. The maximum absolute atomic E-state index is 13.3. The molecule has 3 aromatic rings. The quantitative estimate of drug-likeness (QED) is 0.561. The number of amides is 1. The Labute approximate surface area is 176 Å². The number of rotatable bonds is 7. The van der Waals surface area contributed by atoms with Gasteiger partial charge in [0.2, 0.25) is 11.7 Å². The zero-order valence-electron chi connectivity index (χ0n) is 17.2. The topological polar surface area (TPSA) is 68.5 Å². The van der Waals surface area contributed by atoms with Crippen LogP contribution in [0.2, 0.25) is 0 Å². The van der Waals surface area contributed by atoms with Crippen molar-refractivity contribution in [2.24, 2.45) is 0 Å². The van der Waals surface area contributed by atoms with E-state index in [2.05, 4.69) is 10.1 Å². The number of benzene rings is 2. The fourth-order valence-electron chi connectivity index (χ4n) is 3.94. The second kappa shape index (κ2) is 9.57. The summed E-state index contributed by atoms with van der Waals surface area (Å²) < 4.78 is 11.4. The van der Waals surface area contributed by atoms with Crippen molar-refractivity contribution < 1.29 is 14.1 Å². The van der Waals surface area contributed by atoms with Crippen LogP contribution in [0.1, 0.15) is 44.9 Å². The van der Waals surface area contributed by atoms with E-state index < -0.39 is 6.10 Å². The number of hydrogen-bond donors (Lipinski definition) is 0. The number of aromatic nitrogens is 2. The van der Waals surface area contributed by atoms with E-state index >= 15 is 0 Å². The van der Waals surface area contributed by atoms with Gasteiger partial charge in [0, 0.05) is 11.6 Å². The van der Waals surface area contributed by atoms with Crippen molar-refractivity contribution in [2.75, 3.05) is 0 Å². The van der Waals surface area contributed by atoms with Crippen LogP contribution in [-0.4, -0.2) is 33.1 Å². The second-order valence-electron chi connectivity index (χ2n) is 7.71. The highest BCUT2D eigenvalue weighted by atomic mass is 16.5. The summed E-state index contributed by atoms with van der Waals surface area (Å²) >= 11 is 0. The molecule has 1 amide bonds. The van der Waals surface area contributed by atoms with Crippen molar-refractivity contribution in [2.45, 2.75) is 57.7 Å². The van der Waals surface area contributed by atoms with Gasteiger partial charge in [-0.05, 0) is 31.9 Å². The second-order valence-corrected chi connectivity index (χ2v) is 7.71. The molecule has 0 N–H and O–H groups in total. The lowest BCUT2D eigenvalue weighted by Gasteiger charge is -2.35. The minimum absolute atomic E-state index is 0.0507. The van der Waals surface area contributed by atoms with E-state index in [1.165, 1.54) is 6.42 Å². The molecule has 0 unspecified atom stereocenters. The molecule has 1 atom stereocenters. The van der Waals surface area contributed by atoms with E-state index in [1.807, 2.05) is 65.6 Å². The Hall–Kier alpha value is -3.15. The Morgan fingerprint density at radius 2 is 1.73 bits per heavy atom. The molecule has 1 fully saturated rings. The largest absolute Gasteiger partial charge is 0.481 e. The predicted octanol–water partition coefficient (Wildman–Crippen LogP) is 4.87. The third-order valence-corrected chi connectivity index (χ3v) is 5.51. The summed E-state index contributed by atoms with van der Waals surface area (Å²) in [5.41, 5.74) is 0.892. The summed E-state index contributed by atoms with van der Waals surface area (Å²) in [5.74, 6) is 1.62. The molecule has 1 aliphatic carbocycles. The highest BCUT2D eigenvalue weighted by Gasteiger charge is 2.31. The zero-order chi connectivity index (χ0) is 20.8. The number of hydrogen-bond acceptors (Lipinski definition) is 5. The van der Waals surface area contributed by atoms with Gasteiger partial charge >= 0.3 is 0 Å². The maximum Gasteiger partial charge on any atom is 0.264 e. The molecule has 1 heterocycles. The van der Waals surface area contributed by atoms with Gasteiger partial charge in [0.1, 0.15) is 12.3 Å². The Bertz CT molecular complexity index is 937. The van der Waals surface area contributed by atoms with Crippen molar-refractivity contribution >= 4 is 5.91 Å². The number of carbonyl (C=O) groups is 1. The molecular formula is C24H27N3O3. The molecular weight excluding hydrogens is 378 g/mol. The third kappa shape index (κ3) is 4.87. The van der Waals surface area contributed by atoms with Crippen LogP contribution in [0.25, 0.3) is 11.4 Å². The molecule has 0 radical (unpaired) electrons.